The van der Waals surface area contributed by atoms with Gasteiger partial charge >= 0.3 is 0 Å². The van der Waals surface area contributed by atoms with Gasteiger partial charge in [-0.2, -0.15) is 5.10 Å². The maximum absolute atomic E-state index is 13.5. The second-order valence-electron chi connectivity index (χ2n) is 8.05. The summed E-state index contributed by atoms with van der Waals surface area (Å²) in [4.78, 5) is 26.9. The molecule has 30 heavy (non-hydrogen) atoms. The van der Waals surface area contributed by atoms with Gasteiger partial charge in [-0.3, -0.25) is 9.59 Å². The average Bonchev–Trinajstić information content (AvgIpc) is 3.29. The summed E-state index contributed by atoms with van der Waals surface area (Å²) in [7, 11) is 0. The molecule has 1 aromatic carbocycles. The summed E-state index contributed by atoms with van der Waals surface area (Å²) < 4.78 is 14.9. The molecule has 2 heterocycles. The molecule has 0 bridgehead atoms. The van der Waals surface area contributed by atoms with Gasteiger partial charge in [0, 0.05) is 31.1 Å². The van der Waals surface area contributed by atoms with Crippen LogP contribution in [0.1, 0.15) is 37.7 Å². The molecular formula is C23H27FN4O2. The van der Waals surface area contributed by atoms with Gasteiger partial charge in [-0.25, -0.2) is 9.07 Å². The van der Waals surface area contributed by atoms with Crippen LogP contribution in [-0.2, 0) is 11.3 Å². The Morgan fingerprint density at radius 2 is 2.00 bits per heavy atom. The fourth-order valence-corrected chi connectivity index (χ4v) is 4.22. The Kier molecular flexibility index (Phi) is 6.26. The van der Waals surface area contributed by atoms with Gasteiger partial charge in [0.05, 0.1) is 6.54 Å². The monoisotopic (exact) mass is 410 g/mol. The largest absolute Gasteiger partial charge is 0.354 e. The third-order valence-electron chi connectivity index (χ3n) is 5.89. The van der Waals surface area contributed by atoms with Gasteiger partial charge in [-0.15, -0.1) is 0 Å². The number of anilines is 1. The van der Waals surface area contributed by atoms with Crippen molar-refractivity contribution in [2.24, 2.45) is 5.92 Å². The topological polar surface area (TPSA) is 67.2 Å². The van der Waals surface area contributed by atoms with Crippen LogP contribution < -0.4 is 15.8 Å². The van der Waals surface area contributed by atoms with Crippen molar-refractivity contribution < 1.29 is 9.18 Å². The standard InChI is InChI=1S/C23H27FN4O2/c24-19-9-5-6-17(14-19)16-28-22(29)12-11-21(26-28)27-13-4-3-10-20(27)15-25-23(30)18-7-1-2-8-18/h1-2,5-6,9,11-12,14,18,20H,3-4,7-8,10,13,15-16H2,(H,25,30). The number of carbonyl (C=O) groups is 1. The molecule has 7 heteroatoms. The van der Waals surface area contributed by atoms with Crippen molar-refractivity contribution in [3.8, 4) is 0 Å². The fraction of sp³-hybridized carbons (Fsp3) is 0.435. The van der Waals surface area contributed by atoms with Gasteiger partial charge < -0.3 is 10.2 Å². The molecule has 1 amide bonds. The summed E-state index contributed by atoms with van der Waals surface area (Å²) in [6.45, 7) is 1.62. The first-order valence-corrected chi connectivity index (χ1v) is 10.6. The van der Waals surface area contributed by atoms with Crippen LogP contribution in [0.2, 0.25) is 0 Å². The number of aromatic nitrogens is 2. The molecule has 1 aromatic heterocycles. The van der Waals surface area contributed by atoms with Gasteiger partial charge in [0.25, 0.3) is 5.56 Å². The van der Waals surface area contributed by atoms with E-state index in [0.717, 1.165) is 38.6 Å². The molecule has 6 nitrogen and oxygen atoms in total. The minimum absolute atomic E-state index is 0.0494. The summed E-state index contributed by atoms with van der Waals surface area (Å²) in [6, 6.07) is 9.60. The predicted molar refractivity (Wildman–Crippen MR) is 114 cm³/mol. The van der Waals surface area contributed by atoms with Gasteiger partial charge in [-0.05, 0) is 55.9 Å². The zero-order valence-electron chi connectivity index (χ0n) is 17.0. The number of amides is 1. The number of piperidine rings is 1. The summed E-state index contributed by atoms with van der Waals surface area (Å²) in [5, 5.41) is 7.67. The van der Waals surface area contributed by atoms with Crippen LogP contribution in [0.3, 0.4) is 0 Å². The van der Waals surface area contributed by atoms with E-state index in [2.05, 4.69) is 27.5 Å². The lowest BCUT2D eigenvalue weighted by Crippen LogP contribution is -2.48. The minimum atomic E-state index is -0.332. The smallest absolute Gasteiger partial charge is 0.267 e. The van der Waals surface area contributed by atoms with Crippen LogP contribution in [-0.4, -0.2) is 34.8 Å². The molecule has 1 atom stereocenters. The SMILES string of the molecule is O=C(NCC1CCCCN1c1ccc(=O)n(Cc2cccc(F)c2)n1)C1CC=CC1. The molecule has 0 spiro atoms. The number of hydrogen-bond acceptors (Lipinski definition) is 4. The Hall–Kier alpha value is -2.96. The average molecular weight is 410 g/mol. The number of benzene rings is 1. The van der Waals surface area contributed by atoms with E-state index >= 15 is 0 Å². The molecule has 1 N–H and O–H groups in total. The highest BCUT2D eigenvalue weighted by molar-refractivity contribution is 5.79. The Bertz CT molecular complexity index is 979. The first-order valence-electron chi connectivity index (χ1n) is 10.6. The summed E-state index contributed by atoms with van der Waals surface area (Å²) in [5.41, 5.74) is 0.466. The summed E-state index contributed by atoms with van der Waals surface area (Å²) >= 11 is 0. The summed E-state index contributed by atoms with van der Waals surface area (Å²) in [5.74, 6) is 0.538. The Morgan fingerprint density at radius 3 is 2.80 bits per heavy atom. The Labute approximate surface area is 175 Å². The Balaban J connectivity index is 1.47. The molecule has 2 aliphatic rings. The highest BCUT2D eigenvalue weighted by Crippen LogP contribution is 2.23. The van der Waals surface area contributed by atoms with Crippen molar-refractivity contribution >= 4 is 11.7 Å². The van der Waals surface area contributed by atoms with E-state index < -0.39 is 0 Å². The van der Waals surface area contributed by atoms with Crippen molar-refractivity contribution in [3.63, 3.8) is 0 Å². The number of allylic oxidation sites excluding steroid dienone is 2. The zero-order chi connectivity index (χ0) is 20.9. The minimum Gasteiger partial charge on any atom is -0.354 e. The van der Waals surface area contributed by atoms with E-state index in [-0.39, 0.29) is 35.8 Å². The van der Waals surface area contributed by atoms with Crippen molar-refractivity contribution in [2.45, 2.75) is 44.7 Å². The summed E-state index contributed by atoms with van der Waals surface area (Å²) in [6.07, 6.45) is 8.85. The predicted octanol–water partition coefficient (Wildman–Crippen LogP) is 2.87. The normalized spacial score (nSPS) is 19.2. The lowest BCUT2D eigenvalue weighted by atomic mass is 10.0. The lowest BCUT2D eigenvalue weighted by molar-refractivity contribution is -0.124. The molecule has 1 fully saturated rings. The lowest BCUT2D eigenvalue weighted by Gasteiger charge is -2.37. The number of nitrogens with zero attached hydrogens (tertiary/aromatic N) is 3. The number of nitrogens with one attached hydrogen (secondary N) is 1. The van der Waals surface area contributed by atoms with E-state index in [1.165, 1.54) is 22.9 Å². The first kappa shape index (κ1) is 20.3. The van der Waals surface area contributed by atoms with Gasteiger partial charge in [0.15, 0.2) is 0 Å². The van der Waals surface area contributed by atoms with Crippen LogP contribution in [0.15, 0.2) is 53.3 Å². The highest BCUT2D eigenvalue weighted by atomic mass is 19.1. The van der Waals surface area contributed by atoms with E-state index in [4.69, 9.17) is 0 Å². The molecule has 1 unspecified atom stereocenters. The fourth-order valence-electron chi connectivity index (χ4n) is 4.22. The number of hydrogen-bond donors (Lipinski definition) is 1. The van der Waals surface area contributed by atoms with E-state index in [1.807, 2.05) is 0 Å². The second kappa shape index (κ2) is 9.24. The van der Waals surface area contributed by atoms with Gasteiger partial charge in [-0.1, -0.05) is 24.3 Å². The molecule has 158 valence electrons. The van der Waals surface area contributed by atoms with Crippen LogP contribution in [0, 0.1) is 11.7 Å². The van der Waals surface area contributed by atoms with E-state index in [9.17, 15) is 14.0 Å². The first-order chi connectivity index (χ1) is 14.6. The molecule has 4 rings (SSSR count). The number of carbonyl (C=O) groups excluding carboxylic acids is 1. The van der Waals surface area contributed by atoms with Crippen LogP contribution in [0.5, 0.6) is 0 Å². The molecule has 0 radical (unpaired) electrons. The van der Waals surface area contributed by atoms with Gasteiger partial charge in [0.2, 0.25) is 5.91 Å². The second-order valence-corrected chi connectivity index (χ2v) is 8.05. The van der Waals surface area contributed by atoms with Crippen LogP contribution in [0.25, 0.3) is 0 Å². The quantitative estimate of drug-likeness (QED) is 0.744. The third-order valence-corrected chi connectivity index (χ3v) is 5.89. The molecule has 1 aliphatic carbocycles. The molecule has 1 saturated heterocycles. The Morgan fingerprint density at radius 1 is 1.17 bits per heavy atom. The molecule has 0 saturated carbocycles. The van der Waals surface area contributed by atoms with Crippen LogP contribution in [0.4, 0.5) is 10.2 Å². The number of halogens is 1. The van der Waals surface area contributed by atoms with Crippen molar-refractivity contribution in [3.05, 3.63) is 70.3 Å². The van der Waals surface area contributed by atoms with E-state index in [0.29, 0.717) is 17.9 Å². The third kappa shape index (κ3) is 4.78. The van der Waals surface area contributed by atoms with Gasteiger partial charge in [0.1, 0.15) is 11.6 Å². The number of rotatable bonds is 6. The van der Waals surface area contributed by atoms with Crippen molar-refractivity contribution in [1.82, 2.24) is 15.1 Å². The maximum Gasteiger partial charge on any atom is 0.267 e. The molecular weight excluding hydrogens is 383 g/mol. The molecule has 1 aliphatic heterocycles. The maximum atomic E-state index is 13.5. The highest BCUT2D eigenvalue weighted by Gasteiger charge is 2.26. The molecule has 2 aromatic rings. The van der Waals surface area contributed by atoms with Crippen molar-refractivity contribution in [2.75, 3.05) is 18.0 Å². The zero-order valence-corrected chi connectivity index (χ0v) is 17.0. The van der Waals surface area contributed by atoms with E-state index in [1.54, 1.807) is 18.2 Å². The van der Waals surface area contributed by atoms with Crippen LogP contribution >= 0.6 is 0 Å². The van der Waals surface area contributed by atoms with Crippen molar-refractivity contribution in [1.29, 1.82) is 0 Å².